The lowest BCUT2D eigenvalue weighted by Gasteiger charge is -2.13. The summed E-state index contributed by atoms with van der Waals surface area (Å²) in [5.41, 5.74) is 0. The van der Waals surface area contributed by atoms with Crippen LogP contribution >= 0.6 is 0 Å². The van der Waals surface area contributed by atoms with Crippen LogP contribution in [0.25, 0.3) is 0 Å². The van der Waals surface area contributed by atoms with Crippen LogP contribution in [-0.4, -0.2) is 37.7 Å². The molecule has 0 aliphatic carbocycles. The molecule has 0 unspecified atom stereocenters. The first kappa shape index (κ1) is 18.3. The van der Waals surface area contributed by atoms with Crippen molar-refractivity contribution in [1.29, 1.82) is 0 Å². The number of rotatable bonds is 10. The van der Waals surface area contributed by atoms with Crippen LogP contribution in [0.5, 0.6) is 11.5 Å². The summed E-state index contributed by atoms with van der Waals surface area (Å²) in [6, 6.07) is 4.81. The molecule has 0 saturated carbocycles. The van der Waals surface area contributed by atoms with E-state index in [1.165, 1.54) is 6.07 Å². The van der Waals surface area contributed by atoms with Crippen molar-refractivity contribution in [3.63, 3.8) is 0 Å². The van der Waals surface area contributed by atoms with Gasteiger partial charge in [-0.1, -0.05) is 0 Å². The minimum atomic E-state index is -3.67. The molecular weight excluding hydrogens is 330 g/mol. The third kappa shape index (κ3) is 4.97. The highest BCUT2D eigenvalue weighted by atomic mass is 32.2. The number of imidazole rings is 1. The molecule has 0 amide bonds. The topological polar surface area (TPSA) is 82.5 Å². The second kappa shape index (κ2) is 8.70. The Morgan fingerprint density at radius 3 is 2.67 bits per heavy atom. The molecule has 0 radical (unpaired) electrons. The van der Waals surface area contributed by atoms with Gasteiger partial charge in [-0.15, -0.1) is 0 Å². The van der Waals surface area contributed by atoms with Crippen LogP contribution in [0.15, 0.2) is 41.8 Å². The van der Waals surface area contributed by atoms with Gasteiger partial charge in [-0.2, -0.15) is 0 Å². The van der Waals surface area contributed by atoms with Gasteiger partial charge in [0, 0.05) is 31.5 Å². The van der Waals surface area contributed by atoms with Crippen molar-refractivity contribution in [3.05, 3.63) is 36.9 Å². The molecule has 8 heteroatoms. The second-order valence-corrected chi connectivity index (χ2v) is 6.76. The molecular formula is C16H23N3O4S. The first-order valence-corrected chi connectivity index (χ1v) is 9.40. The maximum atomic E-state index is 12.6. The van der Waals surface area contributed by atoms with Crippen molar-refractivity contribution >= 4 is 10.0 Å². The molecule has 2 rings (SSSR count). The third-order valence-electron chi connectivity index (χ3n) is 3.26. The first-order valence-electron chi connectivity index (χ1n) is 7.92. The van der Waals surface area contributed by atoms with Crippen LogP contribution in [0.1, 0.15) is 20.3 Å². The van der Waals surface area contributed by atoms with Crippen molar-refractivity contribution in [2.24, 2.45) is 0 Å². The Kier molecular flexibility index (Phi) is 6.62. The van der Waals surface area contributed by atoms with Crippen molar-refractivity contribution < 1.29 is 17.9 Å². The van der Waals surface area contributed by atoms with Crippen LogP contribution in [-0.2, 0) is 16.6 Å². The molecule has 0 fully saturated rings. The quantitative estimate of drug-likeness (QED) is 0.661. The predicted octanol–water partition coefficient (Wildman–Crippen LogP) is 2.05. The zero-order chi connectivity index (χ0) is 17.4. The van der Waals surface area contributed by atoms with Gasteiger partial charge in [-0.25, -0.2) is 18.1 Å². The molecule has 7 nitrogen and oxygen atoms in total. The van der Waals surface area contributed by atoms with Gasteiger partial charge in [0.1, 0.15) is 16.4 Å². The van der Waals surface area contributed by atoms with E-state index in [4.69, 9.17) is 9.47 Å². The molecule has 2 aromatic rings. The molecule has 1 heterocycles. The molecule has 24 heavy (non-hydrogen) atoms. The predicted molar refractivity (Wildman–Crippen MR) is 90.8 cm³/mol. The monoisotopic (exact) mass is 353 g/mol. The standard InChI is InChI=1S/C16H23N3O4S/c1-3-22-14-6-7-15(23-4-2)16(12-14)24(20,21)18-8-5-10-19-11-9-17-13-19/h6-7,9,11-13,18H,3-5,8,10H2,1-2H3. The van der Waals surface area contributed by atoms with E-state index in [-0.39, 0.29) is 4.90 Å². The Bertz CT molecular complexity index is 730. The Morgan fingerprint density at radius 1 is 1.21 bits per heavy atom. The highest BCUT2D eigenvalue weighted by molar-refractivity contribution is 7.89. The van der Waals surface area contributed by atoms with Gasteiger partial charge in [-0.05, 0) is 32.4 Å². The lowest BCUT2D eigenvalue weighted by molar-refractivity contribution is 0.322. The first-order chi connectivity index (χ1) is 11.6. The average Bonchev–Trinajstić information content (AvgIpc) is 3.07. The summed E-state index contributed by atoms with van der Waals surface area (Å²) in [5, 5.41) is 0. The van der Waals surface area contributed by atoms with Crippen LogP contribution in [0.2, 0.25) is 0 Å². The largest absolute Gasteiger partial charge is 0.494 e. The Hall–Kier alpha value is -2.06. The van der Waals surface area contributed by atoms with Gasteiger partial charge in [0.2, 0.25) is 10.0 Å². The molecule has 0 saturated heterocycles. The summed E-state index contributed by atoms with van der Waals surface area (Å²) in [6.07, 6.45) is 5.89. The van der Waals surface area contributed by atoms with Crippen molar-refractivity contribution in [1.82, 2.24) is 14.3 Å². The van der Waals surface area contributed by atoms with Crippen molar-refractivity contribution in [2.45, 2.75) is 31.7 Å². The summed E-state index contributed by atoms with van der Waals surface area (Å²) in [4.78, 5) is 4.05. The fraction of sp³-hybridized carbons (Fsp3) is 0.438. The fourth-order valence-electron chi connectivity index (χ4n) is 2.19. The summed E-state index contributed by atoms with van der Waals surface area (Å²) in [7, 11) is -3.67. The molecule has 0 bridgehead atoms. The second-order valence-electron chi connectivity index (χ2n) is 5.03. The lowest BCUT2D eigenvalue weighted by Crippen LogP contribution is -2.26. The van der Waals surface area contributed by atoms with Gasteiger partial charge < -0.3 is 14.0 Å². The highest BCUT2D eigenvalue weighted by Gasteiger charge is 2.20. The van der Waals surface area contributed by atoms with E-state index in [1.807, 2.05) is 24.6 Å². The molecule has 132 valence electrons. The number of nitrogens with one attached hydrogen (secondary N) is 1. The van der Waals surface area contributed by atoms with Gasteiger partial charge in [-0.3, -0.25) is 0 Å². The van der Waals surface area contributed by atoms with Gasteiger partial charge >= 0.3 is 0 Å². The summed E-state index contributed by atoms with van der Waals surface area (Å²) in [6.45, 7) is 5.53. The van der Waals surface area contributed by atoms with Crippen LogP contribution in [0, 0.1) is 0 Å². The Morgan fingerprint density at radius 2 is 2.00 bits per heavy atom. The highest BCUT2D eigenvalue weighted by Crippen LogP contribution is 2.28. The number of nitrogens with zero attached hydrogens (tertiary/aromatic N) is 2. The number of aryl methyl sites for hydroxylation is 1. The van der Waals surface area contributed by atoms with E-state index in [0.29, 0.717) is 44.2 Å². The van der Waals surface area contributed by atoms with E-state index < -0.39 is 10.0 Å². The van der Waals surface area contributed by atoms with E-state index in [1.54, 1.807) is 24.7 Å². The third-order valence-corrected chi connectivity index (χ3v) is 4.74. The summed E-state index contributed by atoms with van der Waals surface area (Å²) < 4.78 is 40.5. The molecule has 0 atom stereocenters. The van der Waals surface area contributed by atoms with Crippen LogP contribution in [0.3, 0.4) is 0 Å². The zero-order valence-corrected chi connectivity index (χ0v) is 14.8. The summed E-state index contributed by atoms with van der Waals surface area (Å²) >= 11 is 0. The van der Waals surface area contributed by atoms with Gasteiger partial charge in [0.25, 0.3) is 0 Å². The molecule has 1 N–H and O–H groups in total. The Balaban J connectivity index is 2.06. The number of hydrogen-bond acceptors (Lipinski definition) is 5. The van der Waals surface area contributed by atoms with Gasteiger partial charge in [0.15, 0.2) is 0 Å². The average molecular weight is 353 g/mol. The van der Waals surface area contributed by atoms with E-state index in [2.05, 4.69) is 9.71 Å². The molecule has 0 aliphatic rings. The zero-order valence-electron chi connectivity index (χ0n) is 13.9. The number of sulfonamides is 1. The number of aromatic nitrogens is 2. The van der Waals surface area contributed by atoms with Crippen LogP contribution < -0.4 is 14.2 Å². The van der Waals surface area contributed by atoms with Crippen LogP contribution in [0.4, 0.5) is 0 Å². The lowest BCUT2D eigenvalue weighted by atomic mass is 10.3. The SMILES string of the molecule is CCOc1ccc(OCC)c(S(=O)(=O)NCCCn2ccnc2)c1. The number of hydrogen-bond donors (Lipinski definition) is 1. The number of benzene rings is 1. The maximum Gasteiger partial charge on any atom is 0.244 e. The number of ether oxygens (including phenoxy) is 2. The molecule has 1 aromatic heterocycles. The molecule has 0 aliphatic heterocycles. The molecule has 1 aromatic carbocycles. The molecule has 0 spiro atoms. The fourth-order valence-corrected chi connectivity index (χ4v) is 3.43. The minimum Gasteiger partial charge on any atom is -0.494 e. The van der Waals surface area contributed by atoms with E-state index in [9.17, 15) is 8.42 Å². The summed E-state index contributed by atoms with van der Waals surface area (Å²) in [5.74, 6) is 0.822. The van der Waals surface area contributed by atoms with Crippen molar-refractivity contribution in [3.8, 4) is 11.5 Å². The Labute approximate surface area is 142 Å². The smallest absolute Gasteiger partial charge is 0.244 e. The maximum absolute atomic E-state index is 12.6. The normalized spacial score (nSPS) is 11.4. The van der Waals surface area contributed by atoms with Gasteiger partial charge in [0.05, 0.1) is 19.5 Å². The minimum absolute atomic E-state index is 0.0953. The van der Waals surface area contributed by atoms with Crippen molar-refractivity contribution in [2.75, 3.05) is 19.8 Å². The van der Waals surface area contributed by atoms with E-state index in [0.717, 1.165) is 0 Å². The van der Waals surface area contributed by atoms with E-state index >= 15 is 0 Å².